The average Bonchev–Trinajstić information content (AvgIpc) is 2.05. The largest absolute Gasteiger partial charge is 0.376 e. The van der Waals surface area contributed by atoms with Crippen LogP contribution in [0.4, 0.5) is 0 Å². The first kappa shape index (κ1) is 8.60. The Bertz CT molecular complexity index is 154. The van der Waals surface area contributed by atoms with Crippen molar-refractivity contribution in [1.82, 2.24) is 4.90 Å². The predicted molar refractivity (Wildman–Crippen MR) is 48.2 cm³/mol. The summed E-state index contributed by atoms with van der Waals surface area (Å²) in [5, 5.41) is 0. The molecule has 2 atom stereocenters. The summed E-state index contributed by atoms with van der Waals surface area (Å²) in [6.07, 6.45) is 3.24. The zero-order chi connectivity index (χ0) is 8.43. The maximum absolute atomic E-state index is 5.88. The first-order valence-electron chi connectivity index (χ1n) is 4.27. The standard InChI is InChI=1S/C9H18N2/c1-7-4-5-9(10)6-8(2)11(7)3/h8-9H,1,4-6,10H2,2-3H3. The van der Waals surface area contributed by atoms with Crippen molar-refractivity contribution in [2.24, 2.45) is 5.73 Å². The molecule has 0 aromatic rings. The maximum atomic E-state index is 5.88. The number of nitrogens with two attached hydrogens (primary N) is 1. The van der Waals surface area contributed by atoms with Gasteiger partial charge in [0.1, 0.15) is 0 Å². The van der Waals surface area contributed by atoms with E-state index in [4.69, 9.17) is 5.73 Å². The number of nitrogens with zero attached hydrogens (tertiary/aromatic N) is 1. The molecule has 2 heteroatoms. The van der Waals surface area contributed by atoms with E-state index in [1.807, 2.05) is 0 Å². The highest BCUT2D eigenvalue weighted by molar-refractivity contribution is 4.98. The summed E-state index contributed by atoms with van der Waals surface area (Å²) in [7, 11) is 2.10. The van der Waals surface area contributed by atoms with Gasteiger partial charge >= 0.3 is 0 Å². The molecule has 1 rings (SSSR count). The molecule has 0 bridgehead atoms. The Morgan fingerprint density at radius 3 is 2.91 bits per heavy atom. The van der Waals surface area contributed by atoms with Gasteiger partial charge in [0.05, 0.1) is 0 Å². The fourth-order valence-electron chi connectivity index (χ4n) is 1.55. The van der Waals surface area contributed by atoms with E-state index in [-0.39, 0.29) is 0 Å². The van der Waals surface area contributed by atoms with Crippen LogP contribution >= 0.6 is 0 Å². The van der Waals surface area contributed by atoms with Crippen molar-refractivity contribution in [3.63, 3.8) is 0 Å². The third-order valence-electron chi connectivity index (χ3n) is 2.61. The average molecular weight is 154 g/mol. The summed E-state index contributed by atoms with van der Waals surface area (Å²) in [5.74, 6) is 0. The molecule has 11 heavy (non-hydrogen) atoms. The Labute approximate surface area is 69.1 Å². The maximum Gasteiger partial charge on any atom is 0.0269 e. The predicted octanol–water partition coefficient (Wildman–Crippen LogP) is 1.33. The smallest absolute Gasteiger partial charge is 0.0269 e. The van der Waals surface area contributed by atoms with E-state index in [1.54, 1.807) is 0 Å². The fourth-order valence-corrected chi connectivity index (χ4v) is 1.55. The van der Waals surface area contributed by atoms with Gasteiger partial charge in [-0.25, -0.2) is 0 Å². The van der Waals surface area contributed by atoms with Gasteiger partial charge < -0.3 is 10.6 Å². The lowest BCUT2D eigenvalue weighted by Gasteiger charge is -2.26. The molecule has 0 aromatic carbocycles. The molecule has 1 aliphatic heterocycles. The molecule has 1 heterocycles. The Morgan fingerprint density at radius 1 is 1.64 bits per heavy atom. The molecular weight excluding hydrogens is 136 g/mol. The molecule has 0 amide bonds. The van der Waals surface area contributed by atoms with Crippen molar-refractivity contribution in [2.75, 3.05) is 7.05 Å². The minimum atomic E-state index is 0.367. The summed E-state index contributed by atoms with van der Waals surface area (Å²) in [6, 6.07) is 0.923. The van der Waals surface area contributed by atoms with Crippen molar-refractivity contribution in [3.8, 4) is 0 Å². The quantitative estimate of drug-likeness (QED) is 0.570. The highest BCUT2D eigenvalue weighted by Gasteiger charge is 2.19. The first-order valence-corrected chi connectivity index (χ1v) is 4.27. The Morgan fingerprint density at radius 2 is 2.27 bits per heavy atom. The van der Waals surface area contributed by atoms with E-state index in [0.29, 0.717) is 12.1 Å². The number of rotatable bonds is 0. The van der Waals surface area contributed by atoms with Gasteiger partial charge in [-0.2, -0.15) is 0 Å². The molecule has 64 valence electrons. The first-order chi connectivity index (χ1) is 5.11. The summed E-state index contributed by atoms with van der Waals surface area (Å²) in [6.45, 7) is 6.22. The topological polar surface area (TPSA) is 29.3 Å². The van der Waals surface area contributed by atoms with E-state index in [0.717, 1.165) is 19.3 Å². The Balaban J connectivity index is 2.61. The van der Waals surface area contributed by atoms with Crippen LogP contribution < -0.4 is 5.73 Å². The van der Waals surface area contributed by atoms with Crippen molar-refractivity contribution in [1.29, 1.82) is 0 Å². The lowest BCUT2D eigenvalue weighted by molar-refractivity contribution is 0.310. The molecule has 0 saturated carbocycles. The lowest BCUT2D eigenvalue weighted by atomic mass is 10.1. The monoisotopic (exact) mass is 154 g/mol. The van der Waals surface area contributed by atoms with E-state index in [9.17, 15) is 0 Å². The lowest BCUT2D eigenvalue weighted by Crippen LogP contribution is -2.30. The van der Waals surface area contributed by atoms with Gasteiger partial charge in [-0.15, -0.1) is 0 Å². The van der Waals surface area contributed by atoms with Gasteiger partial charge in [-0.1, -0.05) is 6.58 Å². The summed E-state index contributed by atoms with van der Waals surface area (Å²) < 4.78 is 0. The summed E-state index contributed by atoms with van der Waals surface area (Å²) >= 11 is 0. The Hall–Kier alpha value is -0.500. The molecule has 2 N–H and O–H groups in total. The van der Waals surface area contributed by atoms with Crippen LogP contribution in [-0.4, -0.2) is 24.0 Å². The summed E-state index contributed by atoms with van der Waals surface area (Å²) in [4.78, 5) is 2.24. The minimum Gasteiger partial charge on any atom is -0.376 e. The molecule has 0 aromatic heterocycles. The van der Waals surface area contributed by atoms with Gasteiger partial charge in [0.2, 0.25) is 0 Å². The highest BCUT2D eigenvalue weighted by Crippen LogP contribution is 2.20. The third kappa shape index (κ3) is 1.96. The van der Waals surface area contributed by atoms with Gasteiger partial charge in [-0.05, 0) is 26.2 Å². The van der Waals surface area contributed by atoms with Crippen LogP contribution in [0.25, 0.3) is 0 Å². The third-order valence-corrected chi connectivity index (χ3v) is 2.61. The van der Waals surface area contributed by atoms with Crippen LogP contribution in [0.3, 0.4) is 0 Å². The highest BCUT2D eigenvalue weighted by atomic mass is 15.1. The van der Waals surface area contributed by atoms with Crippen molar-refractivity contribution in [3.05, 3.63) is 12.3 Å². The Kier molecular flexibility index (Phi) is 2.55. The second-order valence-electron chi connectivity index (χ2n) is 3.56. The van der Waals surface area contributed by atoms with Crippen molar-refractivity contribution >= 4 is 0 Å². The van der Waals surface area contributed by atoms with Crippen LogP contribution in [-0.2, 0) is 0 Å². The molecule has 2 unspecified atom stereocenters. The molecule has 1 aliphatic rings. The van der Waals surface area contributed by atoms with Crippen LogP contribution in [0.2, 0.25) is 0 Å². The molecule has 2 nitrogen and oxygen atoms in total. The molecule has 1 fully saturated rings. The van der Waals surface area contributed by atoms with E-state index in [2.05, 4.69) is 25.5 Å². The second kappa shape index (κ2) is 3.26. The molecule has 0 spiro atoms. The van der Waals surface area contributed by atoms with E-state index < -0.39 is 0 Å². The molecule has 0 radical (unpaired) electrons. The number of allylic oxidation sites excluding steroid dienone is 1. The van der Waals surface area contributed by atoms with Crippen LogP contribution in [0.5, 0.6) is 0 Å². The van der Waals surface area contributed by atoms with E-state index >= 15 is 0 Å². The molecule has 0 aliphatic carbocycles. The zero-order valence-corrected chi connectivity index (χ0v) is 7.51. The minimum absolute atomic E-state index is 0.367. The van der Waals surface area contributed by atoms with Crippen LogP contribution in [0.1, 0.15) is 26.2 Å². The van der Waals surface area contributed by atoms with Crippen LogP contribution in [0, 0.1) is 0 Å². The van der Waals surface area contributed by atoms with Gasteiger partial charge in [0.15, 0.2) is 0 Å². The number of hydrogen-bond donors (Lipinski definition) is 1. The normalized spacial score (nSPS) is 33.7. The van der Waals surface area contributed by atoms with Crippen molar-refractivity contribution in [2.45, 2.75) is 38.3 Å². The fraction of sp³-hybridized carbons (Fsp3) is 0.778. The van der Waals surface area contributed by atoms with Gasteiger partial charge in [0.25, 0.3) is 0 Å². The summed E-state index contributed by atoms with van der Waals surface area (Å²) in [5.41, 5.74) is 7.11. The zero-order valence-electron chi connectivity index (χ0n) is 7.51. The number of hydrogen-bond acceptors (Lipinski definition) is 2. The van der Waals surface area contributed by atoms with Gasteiger partial charge in [-0.3, -0.25) is 0 Å². The SMILES string of the molecule is C=C1CCC(N)CC(C)N1C. The van der Waals surface area contributed by atoms with Crippen molar-refractivity contribution < 1.29 is 0 Å². The van der Waals surface area contributed by atoms with E-state index in [1.165, 1.54) is 5.70 Å². The van der Waals surface area contributed by atoms with Crippen LogP contribution in [0.15, 0.2) is 12.3 Å². The molecule has 1 saturated heterocycles. The number of likely N-dealkylation sites (tertiary alicyclic amines) is 1. The second-order valence-corrected chi connectivity index (χ2v) is 3.56. The van der Waals surface area contributed by atoms with Gasteiger partial charge in [0, 0.05) is 24.8 Å². The molecular formula is C9H18N2.